The Bertz CT molecular complexity index is 482. The van der Waals surface area contributed by atoms with Crippen LogP contribution in [0.3, 0.4) is 0 Å². The molecule has 6 heteroatoms. The highest BCUT2D eigenvalue weighted by Crippen LogP contribution is 2.32. The van der Waals surface area contributed by atoms with Crippen molar-refractivity contribution in [1.29, 1.82) is 0 Å². The molecule has 17 heavy (non-hydrogen) atoms. The zero-order chi connectivity index (χ0) is 12.3. The molecule has 1 aliphatic rings. The van der Waals surface area contributed by atoms with Crippen molar-refractivity contribution in [3.05, 3.63) is 24.3 Å². The molecule has 0 atom stereocenters. The van der Waals surface area contributed by atoms with E-state index < -0.39 is 10.0 Å². The molecule has 94 valence electrons. The highest BCUT2D eigenvalue weighted by molar-refractivity contribution is 8.00. The Morgan fingerprint density at radius 2 is 1.88 bits per heavy atom. The predicted octanol–water partition coefficient (Wildman–Crippen LogP) is 1.18. The summed E-state index contributed by atoms with van der Waals surface area (Å²) in [4.78, 5) is 1.01. The van der Waals surface area contributed by atoms with Crippen molar-refractivity contribution in [2.45, 2.75) is 27.9 Å². The van der Waals surface area contributed by atoms with Crippen LogP contribution in [0.25, 0.3) is 0 Å². The zero-order valence-electron chi connectivity index (χ0n) is 9.43. The molecule has 0 spiro atoms. The average molecular weight is 272 g/mol. The smallest absolute Gasteiger partial charge is 0.239 e. The number of rotatable bonds is 3. The van der Waals surface area contributed by atoms with E-state index in [2.05, 4.69) is 5.32 Å². The van der Waals surface area contributed by atoms with Gasteiger partial charge < -0.3 is 5.32 Å². The lowest BCUT2D eigenvalue weighted by Gasteiger charge is -2.22. The molecular weight excluding hydrogens is 256 g/mol. The highest BCUT2D eigenvalue weighted by atomic mass is 32.2. The molecule has 1 heterocycles. The predicted molar refractivity (Wildman–Crippen MR) is 69.6 cm³/mol. The van der Waals surface area contributed by atoms with Crippen LogP contribution in [0.4, 0.5) is 0 Å². The van der Waals surface area contributed by atoms with Gasteiger partial charge in [0, 0.05) is 10.1 Å². The second kappa shape index (κ2) is 5.39. The number of primary sulfonamides is 1. The minimum atomic E-state index is -3.62. The van der Waals surface area contributed by atoms with Crippen LogP contribution in [0.15, 0.2) is 34.1 Å². The minimum Gasteiger partial charge on any atom is -0.317 e. The van der Waals surface area contributed by atoms with Crippen molar-refractivity contribution in [2.24, 2.45) is 5.14 Å². The number of hydrogen-bond donors (Lipinski definition) is 2. The number of sulfonamides is 1. The fourth-order valence-electron chi connectivity index (χ4n) is 1.88. The van der Waals surface area contributed by atoms with Crippen LogP contribution in [0.1, 0.15) is 12.8 Å². The van der Waals surface area contributed by atoms with Crippen molar-refractivity contribution in [3.8, 4) is 0 Å². The van der Waals surface area contributed by atoms with Gasteiger partial charge in [-0.25, -0.2) is 13.6 Å². The quantitative estimate of drug-likeness (QED) is 0.866. The maximum Gasteiger partial charge on any atom is 0.239 e. The monoisotopic (exact) mass is 272 g/mol. The maximum absolute atomic E-state index is 11.4. The van der Waals surface area contributed by atoms with E-state index >= 15 is 0 Å². The van der Waals surface area contributed by atoms with Gasteiger partial charge in [-0.1, -0.05) is 12.1 Å². The number of thioether (sulfide) groups is 1. The minimum absolute atomic E-state index is 0.239. The summed E-state index contributed by atoms with van der Waals surface area (Å²) in [6.07, 6.45) is 2.12. The van der Waals surface area contributed by atoms with Gasteiger partial charge in [0.25, 0.3) is 0 Å². The summed E-state index contributed by atoms with van der Waals surface area (Å²) in [6, 6.07) is 6.94. The number of hydrogen-bond acceptors (Lipinski definition) is 4. The van der Waals surface area contributed by atoms with Gasteiger partial charge >= 0.3 is 0 Å². The first-order chi connectivity index (χ1) is 8.07. The van der Waals surface area contributed by atoms with Crippen LogP contribution in [0, 0.1) is 0 Å². The third kappa shape index (κ3) is 3.45. The van der Waals surface area contributed by atoms with E-state index in [1.165, 1.54) is 0 Å². The molecule has 0 unspecified atom stereocenters. The lowest BCUT2D eigenvalue weighted by molar-refractivity contribution is 0.531. The molecular formula is C11H16N2O2S2. The van der Waals surface area contributed by atoms with Gasteiger partial charge in [0.1, 0.15) is 0 Å². The SMILES string of the molecule is NS(=O)(=O)c1ccccc1SC1CCNCC1. The van der Waals surface area contributed by atoms with Gasteiger partial charge in [0.05, 0.1) is 4.90 Å². The summed E-state index contributed by atoms with van der Waals surface area (Å²) in [7, 11) is -3.62. The first kappa shape index (κ1) is 12.9. The molecule has 0 amide bonds. The van der Waals surface area contributed by atoms with E-state index in [0.29, 0.717) is 5.25 Å². The Balaban J connectivity index is 2.20. The Kier molecular flexibility index (Phi) is 4.09. The zero-order valence-corrected chi connectivity index (χ0v) is 11.1. The first-order valence-corrected chi connectivity index (χ1v) is 7.99. The molecule has 0 saturated carbocycles. The number of nitrogens with one attached hydrogen (secondary N) is 1. The summed E-state index contributed by atoms with van der Waals surface area (Å²) in [6.45, 7) is 1.99. The Labute approximate surface area is 106 Å². The van der Waals surface area contributed by atoms with E-state index in [1.807, 2.05) is 12.1 Å². The lowest BCUT2D eigenvalue weighted by Crippen LogP contribution is -2.29. The largest absolute Gasteiger partial charge is 0.317 e. The van der Waals surface area contributed by atoms with Gasteiger partial charge in [-0.15, -0.1) is 11.8 Å². The lowest BCUT2D eigenvalue weighted by atomic mass is 10.2. The molecule has 0 bridgehead atoms. The van der Waals surface area contributed by atoms with E-state index in [1.54, 1.807) is 23.9 Å². The van der Waals surface area contributed by atoms with Crippen molar-refractivity contribution in [2.75, 3.05) is 13.1 Å². The van der Waals surface area contributed by atoms with E-state index in [4.69, 9.17) is 5.14 Å². The molecule has 1 aromatic carbocycles. The Morgan fingerprint density at radius 1 is 1.24 bits per heavy atom. The second-order valence-corrected chi connectivity index (χ2v) is 6.93. The fraction of sp³-hybridized carbons (Fsp3) is 0.455. The maximum atomic E-state index is 11.4. The van der Waals surface area contributed by atoms with Gasteiger partial charge in [-0.3, -0.25) is 0 Å². The molecule has 3 N–H and O–H groups in total. The van der Waals surface area contributed by atoms with E-state index in [9.17, 15) is 8.42 Å². The summed E-state index contributed by atoms with van der Waals surface area (Å²) in [5, 5.41) is 8.97. The Hall–Kier alpha value is -0.560. The topological polar surface area (TPSA) is 72.2 Å². The number of benzene rings is 1. The Morgan fingerprint density at radius 3 is 2.53 bits per heavy atom. The molecule has 0 aromatic heterocycles. The summed E-state index contributed by atoms with van der Waals surface area (Å²) >= 11 is 1.62. The van der Waals surface area contributed by atoms with Crippen molar-refractivity contribution < 1.29 is 8.42 Å². The molecule has 2 rings (SSSR count). The summed E-state index contributed by atoms with van der Waals surface area (Å²) in [5.74, 6) is 0. The second-order valence-electron chi connectivity index (χ2n) is 4.06. The van der Waals surface area contributed by atoms with E-state index in [0.717, 1.165) is 30.8 Å². The van der Waals surface area contributed by atoms with Gasteiger partial charge in [-0.2, -0.15) is 0 Å². The molecule has 1 aromatic rings. The van der Waals surface area contributed by atoms with Crippen LogP contribution >= 0.6 is 11.8 Å². The van der Waals surface area contributed by atoms with Gasteiger partial charge in [0.2, 0.25) is 10.0 Å². The molecule has 1 saturated heterocycles. The van der Waals surface area contributed by atoms with Crippen molar-refractivity contribution in [1.82, 2.24) is 5.32 Å². The summed E-state index contributed by atoms with van der Waals surface area (Å²) < 4.78 is 22.9. The third-order valence-corrected chi connectivity index (χ3v) is 5.25. The molecule has 0 aliphatic carbocycles. The van der Waals surface area contributed by atoms with Crippen LogP contribution in [0.5, 0.6) is 0 Å². The molecule has 0 radical (unpaired) electrons. The van der Waals surface area contributed by atoms with Crippen LogP contribution in [-0.2, 0) is 10.0 Å². The normalized spacial score (nSPS) is 18.2. The van der Waals surface area contributed by atoms with Crippen molar-refractivity contribution >= 4 is 21.8 Å². The van der Waals surface area contributed by atoms with Crippen LogP contribution < -0.4 is 10.5 Å². The number of piperidine rings is 1. The van der Waals surface area contributed by atoms with Gasteiger partial charge in [0.15, 0.2) is 0 Å². The van der Waals surface area contributed by atoms with Gasteiger partial charge in [-0.05, 0) is 38.1 Å². The van der Waals surface area contributed by atoms with Crippen LogP contribution in [0.2, 0.25) is 0 Å². The average Bonchev–Trinajstić information content (AvgIpc) is 2.30. The molecule has 1 aliphatic heterocycles. The molecule has 1 fully saturated rings. The van der Waals surface area contributed by atoms with Crippen LogP contribution in [-0.4, -0.2) is 26.8 Å². The third-order valence-electron chi connectivity index (χ3n) is 2.74. The highest BCUT2D eigenvalue weighted by Gasteiger charge is 2.19. The summed E-state index contributed by atoms with van der Waals surface area (Å²) in [5.41, 5.74) is 0. The van der Waals surface area contributed by atoms with E-state index in [-0.39, 0.29) is 4.90 Å². The standard InChI is InChI=1S/C11H16N2O2S2/c12-17(14,15)11-4-2-1-3-10(11)16-9-5-7-13-8-6-9/h1-4,9,13H,5-8H2,(H2,12,14,15). The number of nitrogens with two attached hydrogens (primary N) is 1. The molecule has 4 nitrogen and oxygen atoms in total. The fourth-order valence-corrected chi connectivity index (χ4v) is 4.16. The first-order valence-electron chi connectivity index (χ1n) is 5.56. The van der Waals surface area contributed by atoms with Crippen molar-refractivity contribution in [3.63, 3.8) is 0 Å².